The summed E-state index contributed by atoms with van der Waals surface area (Å²) in [6.45, 7) is -0.413. The van der Waals surface area contributed by atoms with Gasteiger partial charge in [0.25, 0.3) is 11.8 Å². The Morgan fingerprint density at radius 1 is 1.47 bits per heavy atom. The van der Waals surface area contributed by atoms with Gasteiger partial charge in [-0.15, -0.1) is 0 Å². The third-order valence-electron chi connectivity index (χ3n) is 2.68. The molecule has 90 valence electrons. The standard InChI is InChI=1S/C11H11BrN2O3/c1-14-9-4-6(12)2-3-7(9)10(16)13-8(5-15)11(14)17/h2-4,8,15H,5H2,1H3,(H,13,16)/t8-/m1/s1. The van der Waals surface area contributed by atoms with E-state index in [0.29, 0.717) is 11.3 Å². The molecule has 0 aromatic heterocycles. The first kappa shape index (κ1) is 12.1. The summed E-state index contributed by atoms with van der Waals surface area (Å²) in [5.41, 5.74) is 0.942. The highest BCUT2D eigenvalue weighted by atomic mass is 79.9. The second-order valence-corrected chi connectivity index (χ2v) is 4.68. The minimum atomic E-state index is -0.890. The van der Waals surface area contributed by atoms with E-state index in [2.05, 4.69) is 21.2 Å². The van der Waals surface area contributed by atoms with Crippen LogP contribution in [0, 0.1) is 0 Å². The number of amides is 2. The van der Waals surface area contributed by atoms with Gasteiger partial charge >= 0.3 is 0 Å². The molecule has 0 aliphatic carbocycles. The molecule has 1 heterocycles. The van der Waals surface area contributed by atoms with Crippen LogP contribution in [-0.4, -0.2) is 36.6 Å². The fourth-order valence-electron chi connectivity index (χ4n) is 1.75. The van der Waals surface area contributed by atoms with E-state index >= 15 is 0 Å². The SMILES string of the molecule is CN1C(=O)[C@@H](CO)NC(=O)c2ccc(Br)cc21. The fourth-order valence-corrected chi connectivity index (χ4v) is 2.10. The van der Waals surface area contributed by atoms with Crippen LogP contribution in [0.3, 0.4) is 0 Å². The van der Waals surface area contributed by atoms with Crippen LogP contribution in [0.1, 0.15) is 10.4 Å². The van der Waals surface area contributed by atoms with E-state index in [1.54, 1.807) is 25.2 Å². The van der Waals surface area contributed by atoms with Crippen molar-refractivity contribution in [2.75, 3.05) is 18.6 Å². The zero-order chi connectivity index (χ0) is 12.6. The third-order valence-corrected chi connectivity index (χ3v) is 3.18. The maximum Gasteiger partial charge on any atom is 0.254 e. The predicted octanol–water partition coefficient (Wildman–Crippen LogP) is 0.516. The van der Waals surface area contributed by atoms with E-state index < -0.39 is 12.6 Å². The number of hydrogen-bond donors (Lipinski definition) is 2. The highest BCUT2D eigenvalue weighted by Crippen LogP contribution is 2.26. The number of anilines is 1. The smallest absolute Gasteiger partial charge is 0.254 e. The molecule has 0 radical (unpaired) electrons. The number of carbonyl (C=O) groups is 2. The van der Waals surface area contributed by atoms with Crippen molar-refractivity contribution in [3.05, 3.63) is 28.2 Å². The maximum absolute atomic E-state index is 11.9. The number of nitrogens with one attached hydrogen (secondary N) is 1. The summed E-state index contributed by atoms with van der Waals surface area (Å²) in [4.78, 5) is 25.2. The van der Waals surface area contributed by atoms with Crippen molar-refractivity contribution < 1.29 is 14.7 Å². The van der Waals surface area contributed by atoms with Gasteiger partial charge in [-0.05, 0) is 18.2 Å². The van der Waals surface area contributed by atoms with Gasteiger partial charge in [-0.25, -0.2) is 0 Å². The van der Waals surface area contributed by atoms with Crippen molar-refractivity contribution in [2.24, 2.45) is 0 Å². The number of carbonyl (C=O) groups excluding carboxylic acids is 2. The van der Waals surface area contributed by atoms with Crippen LogP contribution in [0.2, 0.25) is 0 Å². The van der Waals surface area contributed by atoms with Crippen LogP contribution in [0.25, 0.3) is 0 Å². The highest BCUT2D eigenvalue weighted by molar-refractivity contribution is 9.10. The minimum Gasteiger partial charge on any atom is -0.394 e. The summed E-state index contributed by atoms with van der Waals surface area (Å²) < 4.78 is 0.783. The number of fused-ring (bicyclic) bond motifs is 1. The van der Waals surface area contributed by atoms with Crippen molar-refractivity contribution in [1.29, 1.82) is 0 Å². The van der Waals surface area contributed by atoms with Gasteiger partial charge in [0.1, 0.15) is 6.04 Å². The summed E-state index contributed by atoms with van der Waals surface area (Å²) in [6, 6.07) is 4.18. The van der Waals surface area contributed by atoms with Crippen molar-refractivity contribution >= 4 is 33.4 Å². The normalized spacial score (nSPS) is 19.7. The molecule has 5 nitrogen and oxygen atoms in total. The number of aliphatic hydroxyl groups excluding tert-OH is 1. The number of rotatable bonds is 1. The zero-order valence-corrected chi connectivity index (χ0v) is 10.7. The lowest BCUT2D eigenvalue weighted by Crippen LogP contribution is -2.46. The molecule has 2 N–H and O–H groups in total. The monoisotopic (exact) mass is 298 g/mol. The lowest BCUT2D eigenvalue weighted by molar-refractivity contribution is -0.120. The minimum absolute atomic E-state index is 0.335. The molecule has 2 rings (SSSR count). The summed E-state index contributed by atoms with van der Waals surface area (Å²) in [6.07, 6.45) is 0. The first-order valence-electron chi connectivity index (χ1n) is 5.03. The van der Waals surface area contributed by atoms with Crippen molar-refractivity contribution in [2.45, 2.75) is 6.04 Å². The number of hydrogen-bond acceptors (Lipinski definition) is 3. The molecule has 0 spiro atoms. The second kappa shape index (κ2) is 4.46. The molecule has 1 aliphatic rings. The number of aliphatic hydroxyl groups is 1. The van der Waals surface area contributed by atoms with E-state index in [-0.39, 0.29) is 11.8 Å². The van der Waals surface area contributed by atoms with Gasteiger partial charge in [0.15, 0.2) is 0 Å². The van der Waals surface area contributed by atoms with Gasteiger partial charge in [-0.2, -0.15) is 0 Å². The second-order valence-electron chi connectivity index (χ2n) is 3.77. The summed E-state index contributed by atoms with van der Waals surface area (Å²) in [5, 5.41) is 11.6. The zero-order valence-electron chi connectivity index (χ0n) is 9.11. The molecule has 1 aromatic rings. The van der Waals surface area contributed by atoms with Gasteiger partial charge < -0.3 is 15.3 Å². The Bertz CT molecular complexity index is 490. The van der Waals surface area contributed by atoms with Crippen LogP contribution in [0.4, 0.5) is 5.69 Å². The highest BCUT2D eigenvalue weighted by Gasteiger charge is 2.31. The quantitative estimate of drug-likeness (QED) is 0.794. The Kier molecular flexibility index (Phi) is 3.17. The van der Waals surface area contributed by atoms with E-state index in [1.807, 2.05) is 0 Å². The molecule has 17 heavy (non-hydrogen) atoms. The lowest BCUT2D eigenvalue weighted by Gasteiger charge is -2.19. The maximum atomic E-state index is 11.9. The van der Waals surface area contributed by atoms with E-state index in [4.69, 9.17) is 5.11 Å². The van der Waals surface area contributed by atoms with Crippen LogP contribution in [0.5, 0.6) is 0 Å². The van der Waals surface area contributed by atoms with E-state index in [0.717, 1.165) is 4.47 Å². The molecule has 0 fully saturated rings. The molecule has 1 aliphatic heterocycles. The van der Waals surface area contributed by atoms with Crippen molar-refractivity contribution in [3.63, 3.8) is 0 Å². The molecule has 2 amide bonds. The van der Waals surface area contributed by atoms with Gasteiger partial charge in [0.05, 0.1) is 17.9 Å². The summed E-state index contributed by atoms with van der Waals surface area (Å²) in [7, 11) is 1.58. The molecule has 0 unspecified atom stereocenters. The summed E-state index contributed by atoms with van der Waals surface area (Å²) in [5.74, 6) is -0.693. The molecule has 6 heteroatoms. The van der Waals surface area contributed by atoms with Crippen LogP contribution < -0.4 is 10.2 Å². The average Bonchev–Trinajstić information content (AvgIpc) is 2.40. The van der Waals surface area contributed by atoms with E-state index in [9.17, 15) is 9.59 Å². The van der Waals surface area contributed by atoms with Crippen LogP contribution in [-0.2, 0) is 4.79 Å². The third kappa shape index (κ3) is 2.05. The van der Waals surface area contributed by atoms with Gasteiger partial charge in [-0.1, -0.05) is 15.9 Å². The Hall–Kier alpha value is -1.40. The molecular weight excluding hydrogens is 288 g/mol. The molecule has 1 atom stereocenters. The van der Waals surface area contributed by atoms with Gasteiger partial charge in [0, 0.05) is 11.5 Å². The number of halogens is 1. The number of likely N-dealkylation sites (N-methyl/N-ethyl adjacent to an activating group) is 1. The lowest BCUT2D eigenvalue weighted by atomic mass is 10.1. The molecule has 1 aromatic carbocycles. The van der Waals surface area contributed by atoms with Gasteiger partial charge in [-0.3, -0.25) is 9.59 Å². The first-order valence-corrected chi connectivity index (χ1v) is 5.82. The van der Waals surface area contributed by atoms with Crippen molar-refractivity contribution in [3.8, 4) is 0 Å². The first-order chi connectivity index (χ1) is 8.04. The fraction of sp³-hybridized carbons (Fsp3) is 0.273. The van der Waals surface area contributed by atoms with Crippen molar-refractivity contribution in [1.82, 2.24) is 5.32 Å². The Balaban J connectivity index is 2.55. The number of nitrogens with zero attached hydrogens (tertiary/aromatic N) is 1. The summed E-state index contributed by atoms with van der Waals surface area (Å²) >= 11 is 3.30. The number of benzene rings is 1. The van der Waals surface area contributed by atoms with Crippen LogP contribution >= 0.6 is 15.9 Å². The molecular formula is C11H11BrN2O3. The van der Waals surface area contributed by atoms with Gasteiger partial charge in [0.2, 0.25) is 0 Å². The topological polar surface area (TPSA) is 69.6 Å². The Morgan fingerprint density at radius 3 is 2.82 bits per heavy atom. The van der Waals surface area contributed by atoms with E-state index in [1.165, 1.54) is 4.90 Å². The molecule has 0 saturated heterocycles. The average molecular weight is 299 g/mol. The Labute approximate surface area is 107 Å². The van der Waals surface area contributed by atoms with Crippen LogP contribution in [0.15, 0.2) is 22.7 Å². The molecule has 0 bridgehead atoms. The predicted molar refractivity (Wildman–Crippen MR) is 65.9 cm³/mol. The Morgan fingerprint density at radius 2 is 2.18 bits per heavy atom. The molecule has 0 saturated carbocycles. The largest absolute Gasteiger partial charge is 0.394 e.